The van der Waals surface area contributed by atoms with Crippen LogP contribution in [0.5, 0.6) is 0 Å². The monoisotopic (exact) mass is 340 g/mol. The third-order valence-electron chi connectivity index (χ3n) is 4.07. The SMILES string of the molecule is CC(=O)N(CCC(=O)N(C)CCc1ccncc1)Cc1ccncc1. The predicted molar refractivity (Wildman–Crippen MR) is 95.5 cm³/mol. The minimum Gasteiger partial charge on any atom is -0.345 e. The lowest BCUT2D eigenvalue weighted by Crippen LogP contribution is -2.35. The molecule has 25 heavy (non-hydrogen) atoms. The molecule has 2 aromatic heterocycles. The molecule has 2 aromatic rings. The van der Waals surface area contributed by atoms with Crippen molar-refractivity contribution in [2.75, 3.05) is 20.1 Å². The second-order valence-corrected chi connectivity index (χ2v) is 5.97. The molecule has 2 heterocycles. The number of nitrogens with zero attached hydrogens (tertiary/aromatic N) is 4. The Bertz CT molecular complexity index is 676. The zero-order chi connectivity index (χ0) is 18.1. The zero-order valence-electron chi connectivity index (χ0n) is 14.8. The number of rotatable bonds is 8. The van der Waals surface area contributed by atoms with Crippen molar-refractivity contribution < 1.29 is 9.59 Å². The van der Waals surface area contributed by atoms with Crippen molar-refractivity contribution in [2.45, 2.75) is 26.3 Å². The largest absolute Gasteiger partial charge is 0.345 e. The van der Waals surface area contributed by atoms with E-state index in [0.717, 1.165) is 17.5 Å². The van der Waals surface area contributed by atoms with Gasteiger partial charge in [0.1, 0.15) is 0 Å². The minimum absolute atomic E-state index is 0.0371. The van der Waals surface area contributed by atoms with Crippen LogP contribution in [0.15, 0.2) is 49.1 Å². The summed E-state index contributed by atoms with van der Waals surface area (Å²) >= 11 is 0. The summed E-state index contributed by atoms with van der Waals surface area (Å²) in [5, 5.41) is 0. The Labute approximate surface area is 148 Å². The highest BCUT2D eigenvalue weighted by Gasteiger charge is 2.14. The summed E-state index contributed by atoms with van der Waals surface area (Å²) < 4.78 is 0. The van der Waals surface area contributed by atoms with Crippen LogP contribution in [-0.4, -0.2) is 51.7 Å². The second-order valence-electron chi connectivity index (χ2n) is 5.97. The van der Waals surface area contributed by atoms with Crippen molar-refractivity contribution in [3.05, 3.63) is 60.2 Å². The van der Waals surface area contributed by atoms with Gasteiger partial charge in [-0.1, -0.05) is 0 Å². The fraction of sp³-hybridized carbons (Fsp3) is 0.368. The van der Waals surface area contributed by atoms with E-state index in [0.29, 0.717) is 26.1 Å². The van der Waals surface area contributed by atoms with Gasteiger partial charge in [-0.15, -0.1) is 0 Å². The van der Waals surface area contributed by atoms with Crippen LogP contribution in [0.25, 0.3) is 0 Å². The Hall–Kier alpha value is -2.76. The summed E-state index contributed by atoms with van der Waals surface area (Å²) in [5.41, 5.74) is 2.15. The van der Waals surface area contributed by atoms with Gasteiger partial charge in [0, 0.05) is 64.8 Å². The van der Waals surface area contributed by atoms with Crippen molar-refractivity contribution in [1.29, 1.82) is 0 Å². The Morgan fingerprint density at radius 1 is 0.920 bits per heavy atom. The number of carbonyl (C=O) groups is 2. The van der Waals surface area contributed by atoms with Crippen molar-refractivity contribution >= 4 is 11.8 Å². The Balaban J connectivity index is 1.80. The lowest BCUT2D eigenvalue weighted by molar-refractivity contribution is -0.133. The highest BCUT2D eigenvalue weighted by Crippen LogP contribution is 2.06. The molecule has 2 rings (SSSR count). The minimum atomic E-state index is -0.0379. The Kier molecular flexibility index (Phi) is 7.07. The first-order valence-electron chi connectivity index (χ1n) is 8.33. The van der Waals surface area contributed by atoms with Gasteiger partial charge in [-0.05, 0) is 41.8 Å². The maximum absolute atomic E-state index is 12.3. The van der Waals surface area contributed by atoms with Crippen LogP contribution in [0.4, 0.5) is 0 Å². The molecule has 6 nitrogen and oxygen atoms in total. The van der Waals surface area contributed by atoms with Crippen LogP contribution >= 0.6 is 0 Å². The molecule has 0 saturated carbocycles. The first-order valence-corrected chi connectivity index (χ1v) is 8.33. The van der Waals surface area contributed by atoms with Gasteiger partial charge in [-0.25, -0.2) is 0 Å². The summed E-state index contributed by atoms with van der Waals surface area (Å²) in [7, 11) is 1.80. The van der Waals surface area contributed by atoms with E-state index in [-0.39, 0.29) is 11.8 Å². The van der Waals surface area contributed by atoms with Gasteiger partial charge >= 0.3 is 0 Å². The fourth-order valence-electron chi connectivity index (χ4n) is 2.45. The van der Waals surface area contributed by atoms with E-state index in [2.05, 4.69) is 9.97 Å². The summed E-state index contributed by atoms with van der Waals surface area (Å²) in [4.78, 5) is 35.5. The normalized spacial score (nSPS) is 10.3. The summed E-state index contributed by atoms with van der Waals surface area (Å²) in [6.07, 6.45) is 8.01. The predicted octanol–water partition coefficient (Wildman–Crippen LogP) is 1.92. The van der Waals surface area contributed by atoms with E-state index < -0.39 is 0 Å². The average Bonchev–Trinajstić information content (AvgIpc) is 2.64. The van der Waals surface area contributed by atoms with Gasteiger partial charge < -0.3 is 9.80 Å². The molecule has 132 valence electrons. The number of pyridine rings is 2. The molecule has 0 bridgehead atoms. The number of carbonyl (C=O) groups excluding carboxylic acids is 2. The van der Waals surface area contributed by atoms with Gasteiger partial charge in [0.2, 0.25) is 11.8 Å². The third kappa shape index (κ3) is 6.33. The zero-order valence-corrected chi connectivity index (χ0v) is 14.8. The molecule has 0 saturated heterocycles. The molecule has 0 unspecified atom stereocenters. The molecule has 0 aliphatic rings. The maximum atomic E-state index is 12.3. The first-order chi connectivity index (χ1) is 12.1. The summed E-state index contributed by atoms with van der Waals surface area (Å²) in [5.74, 6) is -0.000847. The van der Waals surface area contributed by atoms with E-state index in [4.69, 9.17) is 0 Å². The molecular formula is C19H24N4O2. The Morgan fingerprint density at radius 3 is 2.04 bits per heavy atom. The van der Waals surface area contributed by atoms with Crippen LogP contribution in [0.3, 0.4) is 0 Å². The molecule has 0 N–H and O–H groups in total. The molecule has 0 atom stereocenters. The van der Waals surface area contributed by atoms with Crippen LogP contribution in [0, 0.1) is 0 Å². The average molecular weight is 340 g/mol. The number of amides is 2. The molecule has 0 aliphatic carbocycles. The van der Waals surface area contributed by atoms with E-state index in [9.17, 15) is 9.59 Å². The molecule has 2 amide bonds. The molecule has 0 spiro atoms. The van der Waals surface area contributed by atoms with Crippen LogP contribution < -0.4 is 0 Å². The second kappa shape index (κ2) is 9.52. The topological polar surface area (TPSA) is 66.4 Å². The third-order valence-corrected chi connectivity index (χ3v) is 4.07. The quantitative estimate of drug-likeness (QED) is 0.736. The number of likely N-dealkylation sites (N-methyl/N-ethyl adjacent to an activating group) is 1. The van der Waals surface area contributed by atoms with Gasteiger partial charge in [-0.3, -0.25) is 19.6 Å². The molecule has 0 radical (unpaired) electrons. The van der Waals surface area contributed by atoms with Gasteiger partial charge in [-0.2, -0.15) is 0 Å². The van der Waals surface area contributed by atoms with Crippen molar-refractivity contribution in [1.82, 2.24) is 19.8 Å². The Morgan fingerprint density at radius 2 is 1.48 bits per heavy atom. The van der Waals surface area contributed by atoms with E-state index in [1.807, 2.05) is 24.3 Å². The van der Waals surface area contributed by atoms with E-state index in [1.165, 1.54) is 6.92 Å². The molecular weight excluding hydrogens is 316 g/mol. The summed E-state index contributed by atoms with van der Waals surface area (Å²) in [6, 6.07) is 7.65. The fourth-order valence-corrected chi connectivity index (χ4v) is 2.45. The van der Waals surface area contributed by atoms with E-state index >= 15 is 0 Å². The smallest absolute Gasteiger partial charge is 0.224 e. The molecule has 0 fully saturated rings. The van der Waals surface area contributed by atoms with Gasteiger partial charge in [0.15, 0.2) is 0 Å². The van der Waals surface area contributed by atoms with Crippen molar-refractivity contribution in [3.63, 3.8) is 0 Å². The highest BCUT2D eigenvalue weighted by molar-refractivity contribution is 5.78. The van der Waals surface area contributed by atoms with E-state index in [1.54, 1.807) is 41.6 Å². The van der Waals surface area contributed by atoms with Crippen LogP contribution in [0.1, 0.15) is 24.5 Å². The van der Waals surface area contributed by atoms with Crippen molar-refractivity contribution in [2.24, 2.45) is 0 Å². The molecule has 0 aromatic carbocycles. The van der Waals surface area contributed by atoms with Gasteiger partial charge in [0.05, 0.1) is 0 Å². The van der Waals surface area contributed by atoms with Crippen LogP contribution in [0.2, 0.25) is 0 Å². The van der Waals surface area contributed by atoms with Gasteiger partial charge in [0.25, 0.3) is 0 Å². The lowest BCUT2D eigenvalue weighted by atomic mass is 10.2. The summed E-state index contributed by atoms with van der Waals surface area (Å²) in [6.45, 7) is 3.08. The molecule has 0 aliphatic heterocycles. The van der Waals surface area contributed by atoms with Crippen molar-refractivity contribution in [3.8, 4) is 0 Å². The number of hydrogen-bond acceptors (Lipinski definition) is 4. The molecule has 6 heteroatoms. The van der Waals surface area contributed by atoms with Crippen LogP contribution in [-0.2, 0) is 22.6 Å². The number of aromatic nitrogens is 2. The standard InChI is InChI=1S/C19H24N4O2/c1-16(24)23(15-18-5-11-21-12-6-18)14-8-19(25)22(2)13-7-17-3-9-20-10-4-17/h3-6,9-12H,7-8,13-15H2,1-2H3. The lowest BCUT2D eigenvalue weighted by Gasteiger charge is -2.23. The maximum Gasteiger partial charge on any atom is 0.224 e. The first kappa shape index (κ1) is 18.6. The highest BCUT2D eigenvalue weighted by atomic mass is 16.2. The number of hydrogen-bond donors (Lipinski definition) is 0.